The SMILES string of the molecule is CC(C)(C)C(NC(=O)N1C[C@@H](C(F)(F)F)[C@H](C(=O)O)C1)c1cccc(F)c1. The highest BCUT2D eigenvalue weighted by Gasteiger charge is 2.53. The lowest BCUT2D eigenvalue weighted by molar-refractivity contribution is -0.187. The highest BCUT2D eigenvalue weighted by atomic mass is 19.4. The minimum absolute atomic E-state index is 0.470. The summed E-state index contributed by atoms with van der Waals surface area (Å²) < 4.78 is 52.9. The summed E-state index contributed by atoms with van der Waals surface area (Å²) in [7, 11) is 0. The van der Waals surface area contributed by atoms with Crippen LogP contribution in [0.15, 0.2) is 24.3 Å². The Balaban J connectivity index is 2.22. The topological polar surface area (TPSA) is 69.6 Å². The van der Waals surface area contributed by atoms with Crippen LogP contribution < -0.4 is 5.32 Å². The van der Waals surface area contributed by atoms with Crippen LogP contribution >= 0.6 is 0 Å². The van der Waals surface area contributed by atoms with E-state index in [2.05, 4.69) is 5.32 Å². The van der Waals surface area contributed by atoms with Gasteiger partial charge in [0.05, 0.1) is 17.9 Å². The molecule has 1 aliphatic heterocycles. The van der Waals surface area contributed by atoms with Crippen LogP contribution in [0.2, 0.25) is 0 Å². The Morgan fingerprint density at radius 2 is 1.85 bits per heavy atom. The van der Waals surface area contributed by atoms with E-state index in [-0.39, 0.29) is 0 Å². The molecule has 1 fully saturated rings. The van der Waals surface area contributed by atoms with Gasteiger partial charge in [0.1, 0.15) is 5.82 Å². The molecule has 1 aliphatic rings. The molecule has 0 bridgehead atoms. The van der Waals surface area contributed by atoms with E-state index in [1.54, 1.807) is 26.8 Å². The van der Waals surface area contributed by atoms with Gasteiger partial charge >= 0.3 is 18.2 Å². The third-order valence-corrected chi connectivity index (χ3v) is 4.66. The maximum Gasteiger partial charge on any atom is 0.394 e. The van der Waals surface area contributed by atoms with Crippen molar-refractivity contribution in [3.63, 3.8) is 0 Å². The van der Waals surface area contributed by atoms with Gasteiger partial charge in [-0.2, -0.15) is 13.2 Å². The molecule has 0 radical (unpaired) electrons. The van der Waals surface area contributed by atoms with Crippen molar-refractivity contribution in [2.45, 2.75) is 33.0 Å². The zero-order valence-electron chi connectivity index (χ0n) is 15.2. The number of hydrogen-bond donors (Lipinski definition) is 2. The molecule has 1 aromatic rings. The number of amides is 2. The molecule has 0 aromatic heterocycles. The molecule has 1 saturated heterocycles. The summed E-state index contributed by atoms with van der Waals surface area (Å²) >= 11 is 0. The number of halogens is 4. The normalized spacial score (nSPS) is 21.8. The predicted octanol–water partition coefficient (Wildman–Crippen LogP) is 3.82. The van der Waals surface area contributed by atoms with Gasteiger partial charge in [0, 0.05) is 13.1 Å². The Morgan fingerprint density at radius 1 is 1.22 bits per heavy atom. The number of nitrogens with zero attached hydrogens (tertiary/aromatic N) is 1. The van der Waals surface area contributed by atoms with E-state index in [0.29, 0.717) is 5.56 Å². The van der Waals surface area contributed by atoms with Gasteiger partial charge in [-0.25, -0.2) is 9.18 Å². The maximum atomic E-state index is 13.6. The Labute approximate surface area is 154 Å². The molecule has 2 amide bonds. The number of aliphatic carboxylic acids is 1. The van der Waals surface area contributed by atoms with E-state index in [1.807, 2.05) is 0 Å². The Kier molecular flexibility index (Phi) is 5.72. The van der Waals surface area contributed by atoms with E-state index < -0.39 is 60.4 Å². The highest BCUT2D eigenvalue weighted by molar-refractivity contribution is 5.78. The van der Waals surface area contributed by atoms with E-state index in [9.17, 15) is 27.2 Å². The maximum absolute atomic E-state index is 13.6. The summed E-state index contributed by atoms with van der Waals surface area (Å²) in [5.41, 5.74) is -0.0871. The van der Waals surface area contributed by atoms with Crippen LogP contribution in [0.5, 0.6) is 0 Å². The average molecular weight is 390 g/mol. The molecule has 1 heterocycles. The van der Waals surface area contributed by atoms with Crippen LogP contribution in [0.4, 0.5) is 22.4 Å². The zero-order valence-corrected chi connectivity index (χ0v) is 15.2. The number of alkyl halides is 3. The van der Waals surface area contributed by atoms with Gasteiger partial charge in [0.2, 0.25) is 0 Å². The number of carbonyl (C=O) groups excluding carboxylic acids is 1. The van der Waals surface area contributed by atoms with Gasteiger partial charge in [0.15, 0.2) is 0 Å². The number of nitrogens with one attached hydrogen (secondary N) is 1. The van der Waals surface area contributed by atoms with E-state index >= 15 is 0 Å². The van der Waals surface area contributed by atoms with Crippen LogP contribution in [-0.4, -0.2) is 41.3 Å². The van der Waals surface area contributed by atoms with Crippen molar-refractivity contribution in [3.8, 4) is 0 Å². The lowest BCUT2D eigenvalue weighted by Gasteiger charge is -2.33. The molecule has 1 aromatic carbocycles. The largest absolute Gasteiger partial charge is 0.481 e. The Morgan fingerprint density at radius 3 is 2.30 bits per heavy atom. The zero-order chi connectivity index (χ0) is 20.6. The summed E-state index contributed by atoms with van der Waals surface area (Å²) in [4.78, 5) is 24.6. The van der Waals surface area contributed by atoms with Crippen molar-refractivity contribution < 1.29 is 32.3 Å². The van der Waals surface area contributed by atoms with Crippen molar-refractivity contribution in [3.05, 3.63) is 35.6 Å². The predicted molar refractivity (Wildman–Crippen MR) is 89.4 cm³/mol. The van der Waals surface area contributed by atoms with Crippen molar-refractivity contribution in [2.75, 3.05) is 13.1 Å². The average Bonchev–Trinajstić information content (AvgIpc) is 2.97. The summed E-state index contributed by atoms with van der Waals surface area (Å²) in [6, 6.07) is 4.11. The number of carbonyl (C=O) groups is 2. The van der Waals surface area contributed by atoms with Crippen LogP contribution in [0.3, 0.4) is 0 Å². The summed E-state index contributed by atoms with van der Waals surface area (Å²) in [6.45, 7) is 4.12. The molecule has 2 rings (SSSR count). The Hall–Kier alpha value is -2.32. The molecule has 150 valence electrons. The van der Waals surface area contributed by atoms with E-state index in [0.717, 1.165) is 4.90 Å². The number of hydrogen-bond acceptors (Lipinski definition) is 2. The minimum Gasteiger partial charge on any atom is -0.481 e. The first-order valence-corrected chi connectivity index (χ1v) is 8.41. The molecular formula is C18H22F4N2O3. The van der Waals surface area contributed by atoms with Crippen LogP contribution in [0.25, 0.3) is 0 Å². The lowest BCUT2D eigenvalue weighted by atomic mass is 9.82. The fourth-order valence-corrected chi connectivity index (χ4v) is 3.25. The van der Waals surface area contributed by atoms with Gasteiger partial charge in [-0.3, -0.25) is 4.79 Å². The molecule has 27 heavy (non-hydrogen) atoms. The molecule has 0 spiro atoms. The number of benzene rings is 1. The van der Waals surface area contributed by atoms with Gasteiger partial charge in [-0.05, 0) is 23.1 Å². The number of rotatable bonds is 3. The second kappa shape index (κ2) is 7.36. The summed E-state index contributed by atoms with van der Waals surface area (Å²) in [5.74, 6) is -5.92. The molecule has 0 aliphatic carbocycles. The molecule has 0 saturated carbocycles. The van der Waals surface area contributed by atoms with Gasteiger partial charge in [-0.15, -0.1) is 0 Å². The van der Waals surface area contributed by atoms with Crippen LogP contribution in [0.1, 0.15) is 32.4 Å². The monoisotopic (exact) mass is 390 g/mol. The quantitative estimate of drug-likeness (QED) is 0.771. The molecular weight excluding hydrogens is 368 g/mol. The minimum atomic E-state index is -4.72. The van der Waals surface area contributed by atoms with E-state index in [1.165, 1.54) is 18.2 Å². The number of likely N-dealkylation sites (tertiary alicyclic amines) is 1. The van der Waals surface area contributed by atoms with Gasteiger partial charge < -0.3 is 15.3 Å². The molecule has 9 heteroatoms. The van der Waals surface area contributed by atoms with Crippen molar-refractivity contribution in [2.24, 2.45) is 17.3 Å². The van der Waals surface area contributed by atoms with Gasteiger partial charge in [-0.1, -0.05) is 32.9 Å². The summed E-state index contributed by atoms with van der Waals surface area (Å²) in [6.07, 6.45) is -4.72. The lowest BCUT2D eigenvalue weighted by Crippen LogP contribution is -2.44. The van der Waals surface area contributed by atoms with Crippen LogP contribution in [0, 0.1) is 23.1 Å². The second-order valence-corrected chi connectivity index (χ2v) is 7.80. The summed E-state index contributed by atoms with van der Waals surface area (Å²) in [5, 5.41) is 11.7. The first kappa shape index (κ1) is 21.0. The Bertz CT molecular complexity index is 715. The van der Waals surface area contributed by atoms with Gasteiger partial charge in [0.25, 0.3) is 0 Å². The van der Waals surface area contributed by atoms with E-state index in [4.69, 9.17) is 5.11 Å². The standard InChI is InChI=1S/C18H22F4N2O3/c1-17(2,3)14(10-5-4-6-11(19)7-10)23-16(27)24-8-12(15(25)26)13(9-24)18(20,21)22/h4-7,12-14H,8-9H2,1-3H3,(H,23,27)(H,25,26)/t12-,13-,14?/m1/s1. The van der Waals surface area contributed by atoms with Crippen molar-refractivity contribution in [1.29, 1.82) is 0 Å². The van der Waals surface area contributed by atoms with Crippen LogP contribution in [-0.2, 0) is 4.79 Å². The number of carboxylic acid groups (broad SMARTS) is 1. The highest BCUT2D eigenvalue weighted by Crippen LogP contribution is 2.38. The fourth-order valence-electron chi connectivity index (χ4n) is 3.25. The fraction of sp³-hybridized carbons (Fsp3) is 0.556. The molecule has 2 N–H and O–H groups in total. The third-order valence-electron chi connectivity index (χ3n) is 4.66. The number of carboxylic acids is 1. The smallest absolute Gasteiger partial charge is 0.394 e. The first-order chi connectivity index (χ1) is 12.3. The van der Waals surface area contributed by atoms with Crippen molar-refractivity contribution >= 4 is 12.0 Å². The first-order valence-electron chi connectivity index (χ1n) is 8.41. The molecule has 3 atom stereocenters. The molecule has 5 nitrogen and oxygen atoms in total. The van der Waals surface area contributed by atoms with Crippen molar-refractivity contribution in [1.82, 2.24) is 10.2 Å². The molecule has 1 unspecified atom stereocenters. The third kappa shape index (κ3) is 4.90. The second-order valence-electron chi connectivity index (χ2n) is 7.80. The number of urea groups is 1.